The highest BCUT2D eigenvalue weighted by Crippen LogP contribution is 2.39. The molecule has 0 amide bonds. The van der Waals surface area contributed by atoms with E-state index in [0.717, 1.165) is 22.6 Å². The minimum Gasteiger partial charge on any atom is -0.389 e. The van der Waals surface area contributed by atoms with Crippen LogP contribution in [0.25, 0.3) is 11.2 Å². The molecule has 15 heavy (non-hydrogen) atoms. The van der Waals surface area contributed by atoms with Crippen LogP contribution >= 0.6 is 0 Å². The molecule has 1 saturated carbocycles. The van der Waals surface area contributed by atoms with Crippen LogP contribution in [0.5, 0.6) is 0 Å². The zero-order valence-corrected chi connectivity index (χ0v) is 8.57. The van der Waals surface area contributed by atoms with E-state index in [4.69, 9.17) is 0 Å². The first-order valence-electron chi connectivity index (χ1n) is 5.28. The molecule has 1 aliphatic carbocycles. The fourth-order valence-corrected chi connectivity index (χ4v) is 1.85. The van der Waals surface area contributed by atoms with Gasteiger partial charge in [-0.15, -0.1) is 0 Å². The zero-order valence-electron chi connectivity index (χ0n) is 8.57. The van der Waals surface area contributed by atoms with E-state index in [1.165, 1.54) is 12.8 Å². The number of fused-ring (bicyclic) bond motifs is 1. The summed E-state index contributed by atoms with van der Waals surface area (Å²) in [4.78, 5) is 11.9. The predicted octanol–water partition coefficient (Wildman–Crippen LogP) is 1.89. The number of hydrogen-bond donors (Lipinski definition) is 2. The van der Waals surface area contributed by atoms with Gasteiger partial charge in [0.05, 0.1) is 11.6 Å². The Labute approximate surface area is 87.4 Å². The molecule has 1 aliphatic rings. The molecular formula is C11H13N3O. The van der Waals surface area contributed by atoms with Gasteiger partial charge in [0.1, 0.15) is 5.82 Å². The third kappa shape index (κ3) is 1.41. The van der Waals surface area contributed by atoms with Gasteiger partial charge in [-0.1, -0.05) is 0 Å². The lowest BCUT2D eigenvalue weighted by Gasteiger charge is -2.03. The van der Waals surface area contributed by atoms with Crippen molar-refractivity contribution in [1.82, 2.24) is 15.0 Å². The summed E-state index contributed by atoms with van der Waals surface area (Å²) in [5.41, 5.74) is 2.48. The van der Waals surface area contributed by atoms with Crippen LogP contribution < -0.4 is 0 Å². The standard InChI is InChI=1S/C11H13N3O/c1-6(15)8-4-5-12-11-9(8)13-10(14-11)7-2-3-7/h4-7,15H,2-3H2,1H3,(H,12,13,14). The highest BCUT2D eigenvalue weighted by Gasteiger charge is 2.27. The molecule has 0 spiro atoms. The van der Waals surface area contributed by atoms with Crippen molar-refractivity contribution in [2.45, 2.75) is 31.8 Å². The van der Waals surface area contributed by atoms with Crippen LogP contribution in [0.1, 0.15) is 43.2 Å². The number of imidazole rings is 1. The third-order valence-electron chi connectivity index (χ3n) is 2.86. The second-order valence-electron chi connectivity index (χ2n) is 4.17. The van der Waals surface area contributed by atoms with Gasteiger partial charge in [0, 0.05) is 17.7 Å². The Balaban J connectivity index is 2.19. The molecule has 4 heteroatoms. The van der Waals surface area contributed by atoms with E-state index in [1.54, 1.807) is 13.1 Å². The lowest BCUT2D eigenvalue weighted by atomic mass is 10.1. The quantitative estimate of drug-likeness (QED) is 0.783. The van der Waals surface area contributed by atoms with Gasteiger partial charge in [-0.2, -0.15) is 0 Å². The Morgan fingerprint density at radius 1 is 1.53 bits per heavy atom. The van der Waals surface area contributed by atoms with Crippen LogP contribution in [0.15, 0.2) is 12.3 Å². The fourth-order valence-electron chi connectivity index (χ4n) is 1.85. The first-order valence-corrected chi connectivity index (χ1v) is 5.28. The van der Waals surface area contributed by atoms with Gasteiger partial charge in [-0.25, -0.2) is 9.97 Å². The maximum atomic E-state index is 9.61. The number of nitrogens with zero attached hydrogens (tertiary/aromatic N) is 2. The van der Waals surface area contributed by atoms with Crippen molar-refractivity contribution in [2.75, 3.05) is 0 Å². The monoisotopic (exact) mass is 203 g/mol. The maximum Gasteiger partial charge on any atom is 0.178 e. The summed E-state index contributed by atoms with van der Waals surface area (Å²) in [6, 6.07) is 1.84. The molecule has 0 radical (unpaired) electrons. The van der Waals surface area contributed by atoms with E-state index < -0.39 is 6.10 Å². The maximum absolute atomic E-state index is 9.61. The van der Waals surface area contributed by atoms with Crippen molar-refractivity contribution in [3.8, 4) is 0 Å². The van der Waals surface area contributed by atoms with Gasteiger partial charge in [0.15, 0.2) is 5.65 Å². The van der Waals surface area contributed by atoms with Gasteiger partial charge in [-0.3, -0.25) is 0 Å². The van der Waals surface area contributed by atoms with Crippen LogP contribution in [-0.4, -0.2) is 20.1 Å². The topological polar surface area (TPSA) is 61.8 Å². The van der Waals surface area contributed by atoms with E-state index >= 15 is 0 Å². The Kier molecular flexibility index (Phi) is 1.79. The van der Waals surface area contributed by atoms with Crippen LogP contribution in [0, 0.1) is 0 Å². The molecule has 2 N–H and O–H groups in total. The molecule has 0 aliphatic heterocycles. The largest absolute Gasteiger partial charge is 0.389 e. The Morgan fingerprint density at radius 3 is 3.00 bits per heavy atom. The molecule has 1 unspecified atom stereocenters. The number of H-pyrrole nitrogens is 1. The lowest BCUT2D eigenvalue weighted by Crippen LogP contribution is -1.93. The molecule has 4 nitrogen and oxygen atoms in total. The number of aliphatic hydroxyl groups excluding tert-OH is 1. The molecule has 2 aromatic heterocycles. The number of aromatic nitrogens is 3. The van der Waals surface area contributed by atoms with E-state index in [0.29, 0.717) is 5.92 Å². The van der Waals surface area contributed by atoms with Crippen molar-refractivity contribution in [2.24, 2.45) is 0 Å². The van der Waals surface area contributed by atoms with Gasteiger partial charge >= 0.3 is 0 Å². The second-order valence-corrected chi connectivity index (χ2v) is 4.17. The average Bonchev–Trinajstić information content (AvgIpc) is 2.96. The number of rotatable bonds is 2. The molecule has 1 atom stereocenters. The minimum atomic E-state index is -0.483. The minimum absolute atomic E-state index is 0.483. The molecule has 3 rings (SSSR count). The van der Waals surface area contributed by atoms with Crippen molar-refractivity contribution in [3.63, 3.8) is 0 Å². The van der Waals surface area contributed by atoms with E-state index in [-0.39, 0.29) is 0 Å². The van der Waals surface area contributed by atoms with E-state index in [2.05, 4.69) is 15.0 Å². The molecular weight excluding hydrogens is 190 g/mol. The summed E-state index contributed by atoms with van der Waals surface area (Å²) < 4.78 is 0. The van der Waals surface area contributed by atoms with E-state index in [1.807, 2.05) is 6.07 Å². The average molecular weight is 203 g/mol. The molecule has 0 saturated heterocycles. The number of nitrogens with one attached hydrogen (secondary N) is 1. The van der Waals surface area contributed by atoms with E-state index in [9.17, 15) is 5.11 Å². The summed E-state index contributed by atoms with van der Waals surface area (Å²) >= 11 is 0. The van der Waals surface area contributed by atoms with Crippen molar-refractivity contribution >= 4 is 11.2 Å². The summed E-state index contributed by atoms with van der Waals surface area (Å²) in [6.45, 7) is 1.76. The number of aliphatic hydroxyl groups is 1. The van der Waals surface area contributed by atoms with Crippen molar-refractivity contribution in [3.05, 3.63) is 23.7 Å². The first-order chi connectivity index (χ1) is 7.25. The highest BCUT2D eigenvalue weighted by molar-refractivity contribution is 5.75. The van der Waals surface area contributed by atoms with Gasteiger partial charge < -0.3 is 10.1 Å². The Hall–Kier alpha value is -1.42. The third-order valence-corrected chi connectivity index (χ3v) is 2.86. The lowest BCUT2D eigenvalue weighted by molar-refractivity contribution is 0.200. The van der Waals surface area contributed by atoms with Gasteiger partial charge in [0.2, 0.25) is 0 Å². The van der Waals surface area contributed by atoms with Gasteiger partial charge in [-0.05, 0) is 25.8 Å². The normalized spacial score (nSPS) is 18.3. The molecule has 1 fully saturated rings. The number of aromatic amines is 1. The van der Waals surface area contributed by atoms with Crippen LogP contribution in [-0.2, 0) is 0 Å². The second kappa shape index (κ2) is 3.03. The summed E-state index contributed by atoms with van der Waals surface area (Å²) in [7, 11) is 0. The molecule has 2 aromatic rings. The van der Waals surface area contributed by atoms with Crippen LogP contribution in [0.2, 0.25) is 0 Å². The fraction of sp³-hybridized carbons (Fsp3) is 0.455. The molecule has 78 valence electrons. The smallest absolute Gasteiger partial charge is 0.178 e. The summed E-state index contributed by atoms with van der Waals surface area (Å²) in [6.07, 6.45) is 3.64. The van der Waals surface area contributed by atoms with Crippen molar-refractivity contribution in [1.29, 1.82) is 0 Å². The first kappa shape index (κ1) is 8.85. The van der Waals surface area contributed by atoms with Gasteiger partial charge in [0.25, 0.3) is 0 Å². The summed E-state index contributed by atoms with van der Waals surface area (Å²) in [5.74, 6) is 1.60. The van der Waals surface area contributed by atoms with Crippen LogP contribution in [0.4, 0.5) is 0 Å². The Morgan fingerprint density at radius 2 is 2.33 bits per heavy atom. The zero-order chi connectivity index (χ0) is 10.4. The van der Waals surface area contributed by atoms with Crippen LogP contribution in [0.3, 0.4) is 0 Å². The number of hydrogen-bond acceptors (Lipinski definition) is 3. The molecule has 0 aromatic carbocycles. The highest BCUT2D eigenvalue weighted by atomic mass is 16.3. The predicted molar refractivity (Wildman–Crippen MR) is 56.5 cm³/mol. The van der Waals surface area contributed by atoms with Crippen molar-refractivity contribution < 1.29 is 5.11 Å². The SMILES string of the molecule is CC(O)c1ccnc2nc(C3CC3)[nH]c12. The molecule has 0 bridgehead atoms. The number of pyridine rings is 1. The Bertz CT molecular complexity index is 500. The molecule has 2 heterocycles. The summed E-state index contributed by atoms with van der Waals surface area (Å²) in [5, 5.41) is 9.61.